The second kappa shape index (κ2) is 9.07. The van der Waals surface area contributed by atoms with Crippen molar-refractivity contribution < 1.29 is 23.5 Å². The molecule has 3 rings (SSSR count). The fraction of sp³-hybridized carbons (Fsp3) is 0.100. The molecule has 2 amide bonds. The monoisotopic (exact) mass is 413 g/mol. The third-order valence-corrected chi connectivity index (χ3v) is 4.68. The first kappa shape index (κ1) is 20.2. The summed E-state index contributed by atoms with van der Waals surface area (Å²) in [5, 5.41) is 2.01. The van der Waals surface area contributed by atoms with Crippen molar-refractivity contribution >= 4 is 29.1 Å². The van der Waals surface area contributed by atoms with Crippen LogP contribution in [0.1, 0.15) is 27.8 Å². The number of rotatable bonds is 5. The summed E-state index contributed by atoms with van der Waals surface area (Å²) in [5.74, 6) is -2.35. The van der Waals surface area contributed by atoms with Gasteiger partial charge in [0.15, 0.2) is 11.8 Å². The van der Waals surface area contributed by atoms with Crippen molar-refractivity contribution in [1.82, 2.24) is 15.8 Å². The third kappa shape index (κ3) is 5.23. The van der Waals surface area contributed by atoms with E-state index < -0.39 is 23.9 Å². The highest BCUT2D eigenvalue weighted by Gasteiger charge is 2.21. The fourth-order valence-electron chi connectivity index (χ4n) is 2.25. The molecular formula is C20H16FN3O4S. The highest BCUT2D eigenvalue weighted by atomic mass is 32.1. The standard InChI is InChI=1S/C20H16FN3O4S/c1-12(17(25)23-24-18(26)13-5-3-2-4-6-13)28-20(27)16-11-29-19(22-16)14-7-9-15(21)10-8-14/h2-12H,1H3,(H,23,25)(H,24,26)/t12-/m0/s1. The molecule has 29 heavy (non-hydrogen) atoms. The fourth-order valence-corrected chi connectivity index (χ4v) is 3.04. The average molecular weight is 413 g/mol. The summed E-state index contributed by atoms with van der Waals surface area (Å²) in [6.45, 7) is 1.37. The lowest BCUT2D eigenvalue weighted by molar-refractivity contribution is -0.129. The van der Waals surface area contributed by atoms with Crippen molar-refractivity contribution in [3.8, 4) is 10.6 Å². The molecule has 9 heteroatoms. The quantitative estimate of drug-likeness (QED) is 0.495. The summed E-state index contributed by atoms with van der Waals surface area (Å²) < 4.78 is 18.1. The Morgan fingerprint density at radius 2 is 1.72 bits per heavy atom. The summed E-state index contributed by atoms with van der Waals surface area (Å²) in [7, 11) is 0. The molecule has 0 saturated heterocycles. The molecule has 3 aromatic rings. The van der Waals surface area contributed by atoms with Gasteiger partial charge in [-0.25, -0.2) is 14.2 Å². The summed E-state index contributed by atoms with van der Waals surface area (Å²) in [5.41, 5.74) is 5.51. The van der Waals surface area contributed by atoms with Gasteiger partial charge in [-0.2, -0.15) is 0 Å². The van der Waals surface area contributed by atoms with Gasteiger partial charge >= 0.3 is 5.97 Å². The van der Waals surface area contributed by atoms with Gasteiger partial charge in [0.1, 0.15) is 10.8 Å². The van der Waals surface area contributed by atoms with E-state index in [2.05, 4.69) is 15.8 Å². The molecule has 7 nitrogen and oxygen atoms in total. The molecule has 0 fully saturated rings. The highest BCUT2D eigenvalue weighted by Crippen LogP contribution is 2.24. The number of hydrazine groups is 1. The Hall–Kier alpha value is -3.59. The lowest BCUT2D eigenvalue weighted by atomic mass is 10.2. The maximum atomic E-state index is 13.0. The number of nitrogens with one attached hydrogen (secondary N) is 2. The summed E-state index contributed by atoms with van der Waals surface area (Å²) >= 11 is 1.19. The number of ether oxygens (including phenoxy) is 1. The zero-order valence-corrected chi connectivity index (χ0v) is 16.0. The molecule has 1 atom stereocenters. The van der Waals surface area contributed by atoms with Crippen LogP contribution in [-0.4, -0.2) is 28.9 Å². The maximum absolute atomic E-state index is 13.0. The molecule has 0 aliphatic carbocycles. The number of amides is 2. The second-order valence-corrected chi connectivity index (χ2v) is 6.76. The number of hydrogen-bond acceptors (Lipinski definition) is 6. The minimum Gasteiger partial charge on any atom is -0.448 e. The van der Waals surface area contributed by atoms with Gasteiger partial charge in [-0.1, -0.05) is 18.2 Å². The van der Waals surface area contributed by atoms with Crippen LogP contribution in [0.3, 0.4) is 0 Å². The Labute approximate surface area is 169 Å². The van der Waals surface area contributed by atoms with Crippen molar-refractivity contribution in [3.05, 3.63) is 77.1 Å². The van der Waals surface area contributed by atoms with Gasteiger partial charge in [-0.05, 0) is 43.3 Å². The van der Waals surface area contributed by atoms with Crippen molar-refractivity contribution in [2.24, 2.45) is 0 Å². The van der Waals surface area contributed by atoms with Gasteiger partial charge < -0.3 is 4.74 Å². The Balaban J connectivity index is 1.54. The van der Waals surface area contributed by atoms with Crippen molar-refractivity contribution in [3.63, 3.8) is 0 Å². The molecule has 0 bridgehead atoms. The normalized spacial score (nSPS) is 11.4. The maximum Gasteiger partial charge on any atom is 0.358 e. The van der Waals surface area contributed by atoms with Gasteiger partial charge in [0.25, 0.3) is 11.8 Å². The number of aromatic nitrogens is 1. The van der Waals surface area contributed by atoms with E-state index in [9.17, 15) is 18.8 Å². The van der Waals surface area contributed by atoms with Crippen LogP contribution in [0.5, 0.6) is 0 Å². The van der Waals surface area contributed by atoms with Gasteiger partial charge in [-0.3, -0.25) is 20.4 Å². The Morgan fingerprint density at radius 1 is 1.03 bits per heavy atom. The number of hydrogen-bond donors (Lipinski definition) is 2. The largest absolute Gasteiger partial charge is 0.448 e. The van der Waals surface area contributed by atoms with Gasteiger partial charge in [0.2, 0.25) is 0 Å². The van der Waals surface area contributed by atoms with E-state index in [0.717, 1.165) is 0 Å². The highest BCUT2D eigenvalue weighted by molar-refractivity contribution is 7.13. The van der Waals surface area contributed by atoms with E-state index in [-0.39, 0.29) is 11.5 Å². The molecule has 0 aliphatic rings. The predicted octanol–water partition coefficient (Wildman–Crippen LogP) is 2.96. The lowest BCUT2D eigenvalue weighted by Gasteiger charge is -2.13. The van der Waals surface area contributed by atoms with Crippen LogP contribution in [-0.2, 0) is 9.53 Å². The van der Waals surface area contributed by atoms with Crippen molar-refractivity contribution in [1.29, 1.82) is 0 Å². The summed E-state index contributed by atoms with van der Waals surface area (Å²) in [6.07, 6.45) is -1.16. The zero-order valence-electron chi connectivity index (χ0n) is 15.2. The van der Waals surface area contributed by atoms with Crippen molar-refractivity contribution in [2.45, 2.75) is 13.0 Å². The topological polar surface area (TPSA) is 97.4 Å². The number of carbonyl (C=O) groups is 3. The van der Waals surface area contributed by atoms with E-state index >= 15 is 0 Å². The SMILES string of the molecule is C[C@H](OC(=O)c1csc(-c2ccc(F)cc2)n1)C(=O)NNC(=O)c1ccccc1. The molecule has 0 saturated carbocycles. The predicted molar refractivity (Wildman–Crippen MR) is 104 cm³/mol. The van der Waals surface area contributed by atoms with Gasteiger partial charge in [0.05, 0.1) is 0 Å². The summed E-state index contributed by atoms with van der Waals surface area (Å²) in [6, 6.07) is 14.0. The van der Waals surface area contributed by atoms with Crippen molar-refractivity contribution in [2.75, 3.05) is 0 Å². The summed E-state index contributed by atoms with van der Waals surface area (Å²) in [4.78, 5) is 40.3. The number of esters is 1. The van der Waals surface area contributed by atoms with Crippen LogP contribution >= 0.6 is 11.3 Å². The second-order valence-electron chi connectivity index (χ2n) is 5.90. The Bertz CT molecular complexity index is 1020. The Kier molecular flexibility index (Phi) is 6.30. The number of carbonyl (C=O) groups excluding carboxylic acids is 3. The number of nitrogens with zero attached hydrogens (tertiary/aromatic N) is 1. The molecule has 0 radical (unpaired) electrons. The molecule has 1 heterocycles. The minimum atomic E-state index is -1.16. The van der Waals surface area contributed by atoms with Crippen LogP contribution in [0.2, 0.25) is 0 Å². The first-order valence-electron chi connectivity index (χ1n) is 8.51. The van der Waals surface area contributed by atoms with Gasteiger partial charge in [-0.15, -0.1) is 11.3 Å². The smallest absolute Gasteiger partial charge is 0.358 e. The van der Waals surface area contributed by atoms with E-state index in [4.69, 9.17) is 4.74 Å². The first-order chi connectivity index (χ1) is 13.9. The average Bonchev–Trinajstić information content (AvgIpc) is 3.23. The van der Waals surface area contributed by atoms with E-state index in [1.165, 1.54) is 35.8 Å². The van der Waals surface area contributed by atoms with Crippen LogP contribution in [0, 0.1) is 5.82 Å². The molecule has 1 aromatic heterocycles. The van der Waals surface area contributed by atoms with E-state index in [1.807, 2.05) is 0 Å². The van der Waals surface area contributed by atoms with Crippen LogP contribution in [0.4, 0.5) is 4.39 Å². The number of thiazole rings is 1. The first-order valence-corrected chi connectivity index (χ1v) is 9.39. The van der Waals surface area contributed by atoms with E-state index in [1.54, 1.807) is 42.5 Å². The Morgan fingerprint density at radius 3 is 2.41 bits per heavy atom. The van der Waals surface area contributed by atoms with Gasteiger partial charge in [0, 0.05) is 16.5 Å². The lowest BCUT2D eigenvalue weighted by Crippen LogP contribution is -2.46. The number of halogens is 1. The zero-order chi connectivity index (χ0) is 20.8. The van der Waals surface area contributed by atoms with E-state index in [0.29, 0.717) is 16.1 Å². The molecule has 0 unspecified atom stereocenters. The molecule has 2 aromatic carbocycles. The molecular weight excluding hydrogens is 397 g/mol. The van der Waals surface area contributed by atoms with Crippen LogP contribution in [0.25, 0.3) is 10.6 Å². The minimum absolute atomic E-state index is 0.0299. The molecule has 2 N–H and O–H groups in total. The third-order valence-electron chi connectivity index (χ3n) is 3.79. The molecule has 0 spiro atoms. The molecule has 0 aliphatic heterocycles. The van der Waals surface area contributed by atoms with Crippen LogP contribution in [0.15, 0.2) is 60.0 Å². The molecule has 148 valence electrons. The van der Waals surface area contributed by atoms with Crippen LogP contribution < -0.4 is 10.9 Å². The number of benzene rings is 2.